The van der Waals surface area contributed by atoms with Gasteiger partial charge in [0.1, 0.15) is 0 Å². The fourth-order valence-corrected chi connectivity index (χ4v) is 3.35. The largest absolute Gasteiger partial charge is 0.398 e. The van der Waals surface area contributed by atoms with Crippen molar-refractivity contribution < 1.29 is 8.78 Å². The van der Waals surface area contributed by atoms with Gasteiger partial charge in [-0.2, -0.15) is 0 Å². The van der Waals surface area contributed by atoms with Gasteiger partial charge in [0.2, 0.25) is 0 Å². The molecule has 1 aliphatic rings. The Morgan fingerprint density at radius 1 is 1.18 bits per heavy atom. The molecule has 2 aromatic rings. The van der Waals surface area contributed by atoms with Crippen LogP contribution in [0.25, 0.3) is 6.08 Å². The van der Waals surface area contributed by atoms with Gasteiger partial charge >= 0.3 is 0 Å². The van der Waals surface area contributed by atoms with Crippen molar-refractivity contribution in [2.75, 3.05) is 25.9 Å². The Bertz CT molecular complexity index is 776. The fraction of sp³-hybridized carbons (Fsp3) is 0.391. The average Bonchev–Trinajstić information content (AvgIpc) is 2.68. The van der Waals surface area contributed by atoms with Gasteiger partial charge in [0.25, 0.3) is 5.92 Å². The van der Waals surface area contributed by atoms with Crippen LogP contribution in [-0.2, 0) is 12.5 Å². The van der Waals surface area contributed by atoms with Crippen LogP contribution in [0.1, 0.15) is 47.9 Å². The van der Waals surface area contributed by atoms with E-state index in [1.807, 2.05) is 0 Å². The standard InChI is InChI=1S/C13H20N2.C10H11F2N/c1-15-7-5-12(6-8-15)13-4-2-3-11(9-13)10-14;1-3-7-4-5-8(6-9(7)13)10(2,11)12/h2-4,9,12H,5-8,10,14H2,1H3;3-6H,1,13H2,2H3. The Hall–Kier alpha value is -2.24. The molecule has 1 saturated heterocycles. The summed E-state index contributed by atoms with van der Waals surface area (Å²) in [6.07, 6.45) is 4.10. The highest BCUT2D eigenvalue weighted by Crippen LogP contribution is 2.29. The minimum atomic E-state index is -2.84. The summed E-state index contributed by atoms with van der Waals surface area (Å²) in [5.74, 6) is -2.10. The van der Waals surface area contributed by atoms with Crippen LogP contribution >= 0.6 is 0 Å². The third-order valence-corrected chi connectivity index (χ3v) is 5.19. The van der Waals surface area contributed by atoms with Crippen LogP contribution in [-0.4, -0.2) is 25.0 Å². The topological polar surface area (TPSA) is 55.3 Å². The molecule has 1 heterocycles. The molecule has 0 aliphatic carbocycles. The average molecular weight is 388 g/mol. The van der Waals surface area contributed by atoms with Crippen LogP contribution in [0.3, 0.4) is 0 Å². The van der Waals surface area contributed by atoms with Crippen LogP contribution in [0.2, 0.25) is 0 Å². The molecule has 3 rings (SSSR count). The summed E-state index contributed by atoms with van der Waals surface area (Å²) in [5, 5.41) is 0. The van der Waals surface area contributed by atoms with Crippen molar-refractivity contribution in [3.05, 3.63) is 71.3 Å². The molecule has 0 radical (unpaired) electrons. The molecular formula is C23H31F2N3. The first-order valence-electron chi connectivity index (χ1n) is 9.62. The van der Waals surface area contributed by atoms with Gasteiger partial charge in [-0.05, 0) is 61.7 Å². The van der Waals surface area contributed by atoms with Gasteiger partial charge in [0, 0.05) is 24.7 Å². The van der Waals surface area contributed by atoms with Crippen molar-refractivity contribution in [2.45, 2.75) is 38.2 Å². The second kappa shape index (κ2) is 9.80. The maximum absolute atomic E-state index is 12.8. The molecule has 0 aromatic heterocycles. The Balaban J connectivity index is 0.000000203. The summed E-state index contributed by atoms with van der Waals surface area (Å²) < 4.78 is 25.6. The van der Waals surface area contributed by atoms with Gasteiger partial charge in [-0.15, -0.1) is 0 Å². The summed E-state index contributed by atoms with van der Waals surface area (Å²) in [6, 6.07) is 12.9. The zero-order chi connectivity index (χ0) is 20.7. The Labute approximate surface area is 167 Å². The second-order valence-electron chi connectivity index (χ2n) is 7.46. The first kappa shape index (κ1) is 22.1. The van der Waals surface area contributed by atoms with Crippen molar-refractivity contribution in [3.63, 3.8) is 0 Å². The summed E-state index contributed by atoms with van der Waals surface area (Å²) in [6.45, 7) is 7.45. The molecule has 3 nitrogen and oxygen atoms in total. The molecule has 5 heteroatoms. The molecule has 1 aliphatic heterocycles. The summed E-state index contributed by atoms with van der Waals surface area (Å²) in [5.41, 5.74) is 14.8. The van der Waals surface area contributed by atoms with Gasteiger partial charge in [0.05, 0.1) is 0 Å². The molecule has 0 unspecified atom stereocenters. The number of benzene rings is 2. The lowest BCUT2D eigenvalue weighted by molar-refractivity contribution is 0.0175. The maximum Gasteiger partial charge on any atom is 0.270 e. The molecule has 0 saturated carbocycles. The van der Waals surface area contributed by atoms with Crippen LogP contribution in [0, 0.1) is 0 Å². The normalized spacial score (nSPS) is 15.6. The van der Waals surface area contributed by atoms with Crippen LogP contribution in [0.15, 0.2) is 49.0 Å². The minimum Gasteiger partial charge on any atom is -0.398 e. The minimum absolute atomic E-state index is 0.0735. The molecule has 0 bridgehead atoms. The number of likely N-dealkylation sites (tertiary alicyclic amines) is 1. The smallest absolute Gasteiger partial charge is 0.270 e. The van der Waals surface area contributed by atoms with Crippen LogP contribution in [0.4, 0.5) is 14.5 Å². The number of halogens is 2. The highest BCUT2D eigenvalue weighted by atomic mass is 19.3. The van der Waals surface area contributed by atoms with E-state index in [2.05, 4.69) is 42.8 Å². The number of alkyl halides is 2. The van der Waals surface area contributed by atoms with E-state index in [9.17, 15) is 8.78 Å². The number of nitrogen functional groups attached to an aromatic ring is 1. The Kier molecular flexibility index (Phi) is 7.72. The number of hydrogen-bond donors (Lipinski definition) is 2. The molecule has 0 spiro atoms. The monoisotopic (exact) mass is 387 g/mol. The van der Waals surface area contributed by atoms with E-state index >= 15 is 0 Å². The number of hydrogen-bond acceptors (Lipinski definition) is 3. The fourth-order valence-electron chi connectivity index (χ4n) is 3.35. The molecule has 1 fully saturated rings. The number of piperidine rings is 1. The van der Waals surface area contributed by atoms with E-state index in [1.165, 1.54) is 61.3 Å². The Morgan fingerprint density at radius 2 is 1.86 bits per heavy atom. The molecule has 152 valence electrons. The molecule has 28 heavy (non-hydrogen) atoms. The number of anilines is 1. The van der Waals surface area contributed by atoms with Crippen molar-refractivity contribution >= 4 is 11.8 Å². The predicted molar refractivity (Wildman–Crippen MR) is 114 cm³/mol. The van der Waals surface area contributed by atoms with E-state index in [0.717, 1.165) is 12.8 Å². The lowest BCUT2D eigenvalue weighted by Crippen LogP contribution is -2.29. The Morgan fingerprint density at radius 3 is 2.39 bits per heavy atom. The first-order valence-corrected chi connectivity index (χ1v) is 9.62. The van der Waals surface area contributed by atoms with E-state index in [4.69, 9.17) is 11.5 Å². The van der Waals surface area contributed by atoms with Gasteiger partial charge < -0.3 is 16.4 Å². The summed E-state index contributed by atoms with van der Waals surface area (Å²) >= 11 is 0. The third kappa shape index (κ3) is 6.14. The lowest BCUT2D eigenvalue weighted by atomic mass is 9.89. The van der Waals surface area contributed by atoms with E-state index in [1.54, 1.807) is 0 Å². The van der Waals surface area contributed by atoms with E-state index in [-0.39, 0.29) is 5.56 Å². The van der Waals surface area contributed by atoms with Gasteiger partial charge in [-0.1, -0.05) is 49.1 Å². The molecule has 0 amide bonds. The zero-order valence-corrected chi connectivity index (χ0v) is 16.8. The quantitative estimate of drug-likeness (QED) is 0.728. The first-order chi connectivity index (χ1) is 13.2. The highest BCUT2D eigenvalue weighted by molar-refractivity contribution is 5.64. The number of rotatable bonds is 4. The summed E-state index contributed by atoms with van der Waals surface area (Å²) in [4.78, 5) is 2.41. The van der Waals surface area contributed by atoms with Gasteiger partial charge in [-0.25, -0.2) is 8.78 Å². The second-order valence-corrected chi connectivity index (χ2v) is 7.46. The van der Waals surface area contributed by atoms with Gasteiger partial charge in [0.15, 0.2) is 0 Å². The zero-order valence-electron chi connectivity index (χ0n) is 16.8. The van der Waals surface area contributed by atoms with Crippen LogP contribution in [0.5, 0.6) is 0 Å². The van der Waals surface area contributed by atoms with Crippen molar-refractivity contribution in [1.29, 1.82) is 0 Å². The molecular weight excluding hydrogens is 356 g/mol. The van der Waals surface area contributed by atoms with Crippen molar-refractivity contribution in [2.24, 2.45) is 5.73 Å². The van der Waals surface area contributed by atoms with E-state index < -0.39 is 5.92 Å². The van der Waals surface area contributed by atoms with Crippen molar-refractivity contribution in [1.82, 2.24) is 4.90 Å². The number of nitrogens with zero attached hydrogens (tertiary/aromatic N) is 1. The third-order valence-electron chi connectivity index (χ3n) is 5.19. The molecule has 4 N–H and O–H groups in total. The lowest BCUT2D eigenvalue weighted by Gasteiger charge is -2.29. The summed E-state index contributed by atoms with van der Waals surface area (Å²) in [7, 11) is 2.20. The highest BCUT2D eigenvalue weighted by Gasteiger charge is 2.24. The predicted octanol–water partition coefficient (Wildman–Crippen LogP) is 4.98. The molecule has 0 atom stereocenters. The molecule has 2 aromatic carbocycles. The number of nitrogens with two attached hydrogens (primary N) is 2. The maximum atomic E-state index is 12.8. The van der Waals surface area contributed by atoms with E-state index in [0.29, 0.717) is 17.8 Å². The van der Waals surface area contributed by atoms with Crippen LogP contribution < -0.4 is 11.5 Å². The van der Waals surface area contributed by atoms with Crippen molar-refractivity contribution in [3.8, 4) is 0 Å². The SMILES string of the molecule is C=Cc1ccc(C(C)(F)F)cc1N.CN1CCC(c2cccc(CN)c2)CC1. The van der Waals surface area contributed by atoms with Gasteiger partial charge in [-0.3, -0.25) is 0 Å².